The summed E-state index contributed by atoms with van der Waals surface area (Å²) in [5.41, 5.74) is 8.62. The van der Waals surface area contributed by atoms with E-state index in [1.165, 1.54) is 38.6 Å². The Balaban J connectivity index is 2.01. The lowest BCUT2D eigenvalue weighted by Crippen LogP contribution is -2.01. The van der Waals surface area contributed by atoms with Gasteiger partial charge < -0.3 is 0 Å². The van der Waals surface area contributed by atoms with Crippen molar-refractivity contribution in [3.63, 3.8) is 0 Å². The summed E-state index contributed by atoms with van der Waals surface area (Å²) in [6, 6.07) is 15.9. The zero-order valence-electron chi connectivity index (χ0n) is 19.1. The first-order valence-corrected chi connectivity index (χ1v) is 11.1. The minimum Gasteiger partial charge on any atom is -0.236 e. The second kappa shape index (κ2) is 8.18. The van der Waals surface area contributed by atoms with Gasteiger partial charge in [-0.15, -0.1) is 0 Å². The molecule has 0 aliphatic carbocycles. The largest absolute Gasteiger partial charge is 0.236 e. The van der Waals surface area contributed by atoms with Gasteiger partial charge in [-0.1, -0.05) is 63.1 Å². The molecule has 0 unspecified atom stereocenters. The monoisotopic (exact) mass is 396 g/mol. The fourth-order valence-electron chi connectivity index (χ4n) is 4.67. The zero-order valence-corrected chi connectivity index (χ0v) is 19.1. The minimum atomic E-state index is 0.596. The predicted molar refractivity (Wildman–Crippen MR) is 129 cm³/mol. The molecule has 1 aromatic heterocycles. The Morgan fingerprint density at radius 2 is 1.47 bits per heavy atom. The van der Waals surface area contributed by atoms with Crippen LogP contribution in [0.4, 0.5) is 0 Å². The Morgan fingerprint density at radius 3 is 2.13 bits per heavy atom. The van der Waals surface area contributed by atoms with Crippen LogP contribution in [0.2, 0.25) is 0 Å². The SMILES string of the molecule is Cc1cc(C)cc(-c2ncnc3c2ccc2cc(CC(C)C)cc(CC(C)C)c23)c1. The highest BCUT2D eigenvalue weighted by molar-refractivity contribution is 6.10. The summed E-state index contributed by atoms with van der Waals surface area (Å²) in [4.78, 5) is 9.49. The number of hydrogen-bond acceptors (Lipinski definition) is 2. The summed E-state index contributed by atoms with van der Waals surface area (Å²) in [5, 5.41) is 3.72. The molecular formula is C28H32N2. The Hall–Kier alpha value is -2.74. The van der Waals surface area contributed by atoms with Gasteiger partial charge >= 0.3 is 0 Å². The lowest BCUT2D eigenvalue weighted by molar-refractivity contribution is 0.638. The molecule has 2 heteroatoms. The van der Waals surface area contributed by atoms with Gasteiger partial charge in [-0.25, -0.2) is 9.97 Å². The molecule has 2 nitrogen and oxygen atoms in total. The van der Waals surface area contributed by atoms with E-state index in [1.54, 1.807) is 6.33 Å². The Morgan fingerprint density at radius 1 is 0.767 bits per heavy atom. The molecule has 4 aromatic rings. The van der Waals surface area contributed by atoms with Crippen molar-refractivity contribution in [2.45, 2.75) is 54.4 Å². The lowest BCUT2D eigenvalue weighted by Gasteiger charge is -2.16. The molecule has 0 aliphatic rings. The van der Waals surface area contributed by atoms with Crippen molar-refractivity contribution in [1.29, 1.82) is 0 Å². The fourth-order valence-corrected chi connectivity index (χ4v) is 4.67. The number of nitrogens with zero attached hydrogens (tertiary/aromatic N) is 2. The topological polar surface area (TPSA) is 25.8 Å². The third-order valence-electron chi connectivity index (χ3n) is 5.63. The van der Waals surface area contributed by atoms with Crippen LogP contribution in [0.15, 0.2) is 48.8 Å². The van der Waals surface area contributed by atoms with Crippen molar-refractivity contribution in [2.75, 3.05) is 0 Å². The molecule has 0 atom stereocenters. The molecule has 0 aliphatic heterocycles. The maximum Gasteiger partial charge on any atom is 0.116 e. The van der Waals surface area contributed by atoms with Crippen LogP contribution >= 0.6 is 0 Å². The molecule has 0 bridgehead atoms. The third kappa shape index (κ3) is 4.09. The van der Waals surface area contributed by atoms with Gasteiger partial charge in [-0.2, -0.15) is 0 Å². The van der Waals surface area contributed by atoms with E-state index in [9.17, 15) is 0 Å². The van der Waals surface area contributed by atoms with E-state index in [0.717, 1.165) is 29.4 Å². The number of hydrogen-bond donors (Lipinski definition) is 0. The van der Waals surface area contributed by atoms with Crippen molar-refractivity contribution < 1.29 is 0 Å². The van der Waals surface area contributed by atoms with E-state index in [-0.39, 0.29) is 0 Å². The molecule has 3 aromatic carbocycles. The van der Waals surface area contributed by atoms with Gasteiger partial charge in [0.25, 0.3) is 0 Å². The first-order chi connectivity index (χ1) is 14.3. The second-order valence-electron chi connectivity index (χ2n) is 9.61. The molecule has 0 saturated heterocycles. The smallest absolute Gasteiger partial charge is 0.116 e. The van der Waals surface area contributed by atoms with E-state index >= 15 is 0 Å². The number of aryl methyl sites for hydroxylation is 2. The van der Waals surface area contributed by atoms with Crippen molar-refractivity contribution >= 4 is 21.7 Å². The zero-order chi connectivity index (χ0) is 21.4. The molecule has 0 saturated carbocycles. The molecular weight excluding hydrogens is 364 g/mol. The fraction of sp³-hybridized carbons (Fsp3) is 0.357. The highest BCUT2D eigenvalue weighted by atomic mass is 14.8. The van der Waals surface area contributed by atoms with Crippen molar-refractivity contribution in [3.05, 3.63) is 71.0 Å². The summed E-state index contributed by atoms with van der Waals surface area (Å²) in [7, 11) is 0. The minimum absolute atomic E-state index is 0.596. The summed E-state index contributed by atoms with van der Waals surface area (Å²) in [6.07, 6.45) is 3.90. The van der Waals surface area contributed by atoms with Crippen LogP contribution in [0, 0.1) is 25.7 Å². The predicted octanol–water partition coefficient (Wildman–Crippen LogP) is 7.46. The molecule has 0 radical (unpaired) electrons. The van der Waals surface area contributed by atoms with E-state index in [0.29, 0.717) is 11.8 Å². The van der Waals surface area contributed by atoms with Gasteiger partial charge in [0.2, 0.25) is 0 Å². The summed E-state index contributed by atoms with van der Waals surface area (Å²) >= 11 is 0. The first kappa shape index (κ1) is 20.5. The van der Waals surface area contributed by atoms with E-state index < -0.39 is 0 Å². The van der Waals surface area contributed by atoms with Crippen molar-refractivity contribution in [1.82, 2.24) is 9.97 Å². The number of fused-ring (bicyclic) bond motifs is 3. The number of rotatable bonds is 5. The van der Waals surface area contributed by atoms with Gasteiger partial charge in [0.15, 0.2) is 0 Å². The van der Waals surface area contributed by atoms with Crippen LogP contribution in [0.1, 0.15) is 49.9 Å². The Kier molecular flexibility index (Phi) is 5.60. The van der Waals surface area contributed by atoms with Gasteiger partial charge in [0.05, 0.1) is 11.2 Å². The Labute approximate surface area is 180 Å². The van der Waals surface area contributed by atoms with E-state index in [2.05, 4.69) is 84.0 Å². The summed E-state index contributed by atoms with van der Waals surface area (Å²) in [5.74, 6) is 1.24. The molecule has 154 valence electrons. The second-order valence-corrected chi connectivity index (χ2v) is 9.61. The summed E-state index contributed by atoms with van der Waals surface area (Å²) in [6.45, 7) is 13.5. The molecule has 0 fully saturated rings. The van der Waals surface area contributed by atoms with Gasteiger partial charge in [0.1, 0.15) is 6.33 Å². The van der Waals surface area contributed by atoms with Crippen molar-refractivity contribution in [2.24, 2.45) is 11.8 Å². The quantitative estimate of drug-likeness (QED) is 0.327. The maximum atomic E-state index is 4.79. The third-order valence-corrected chi connectivity index (χ3v) is 5.63. The van der Waals surface area contributed by atoms with Crippen LogP contribution in [0.25, 0.3) is 32.9 Å². The van der Waals surface area contributed by atoms with Crippen LogP contribution in [-0.4, -0.2) is 9.97 Å². The average Bonchev–Trinajstić information content (AvgIpc) is 2.65. The molecule has 30 heavy (non-hydrogen) atoms. The average molecular weight is 397 g/mol. The van der Waals surface area contributed by atoms with Crippen LogP contribution in [-0.2, 0) is 12.8 Å². The van der Waals surface area contributed by atoms with E-state index in [4.69, 9.17) is 9.97 Å². The molecule has 0 amide bonds. The maximum absolute atomic E-state index is 4.79. The lowest BCUT2D eigenvalue weighted by atomic mass is 9.90. The summed E-state index contributed by atoms with van der Waals surface area (Å²) < 4.78 is 0. The normalized spacial score (nSPS) is 11.9. The van der Waals surface area contributed by atoms with Gasteiger partial charge in [0, 0.05) is 16.3 Å². The standard InChI is InChI=1S/C28H32N2/c1-17(2)9-21-14-22-7-8-25-27(24-12-19(5)11-20(6)13-24)29-16-30-28(25)26(22)23(15-21)10-18(3)4/h7-8,11-18H,9-10H2,1-6H3. The molecule has 0 spiro atoms. The van der Waals surface area contributed by atoms with Gasteiger partial charge in [-0.05, 0) is 73.2 Å². The van der Waals surface area contributed by atoms with Crippen molar-refractivity contribution in [3.8, 4) is 11.3 Å². The molecule has 0 N–H and O–H groups in total. The Bertz CT molecular complexity index is 1200. The highest BCUT2D eigenvalue weighted by Crippen LogP contribution is 2.34. The van der Waals surface area contributed by atoms with Crippen LogP contribution < -0.4 is 0 Å². The van der Waals surface area contributed by atoms with E-state index in [1.807, 2.05) is 0 Å². The number of aromatic nitrogens is 2. The van der Waals surface area contributed by atoms with Crippen LogP contribution in [0.5, 0.6) is 0 Å². The number of benzene rings is 3. The van der Waals surface area contributed by atoms with Gasteiger partial charge in [-0.3, -0.25) is 0 Å². The highest BCUT2D eigenvalue weighted by Gasteiger charge is 2.15. The first-order valence-electron chi connectivity index (χ1n) is 11.1. The molecule has 1 heterocycles. The molecule has 4 rings (SSSR count). The van der Waals surface area contributed by atoms with Crippen LogP contribution in [0.3, 0.4) is 0 Å².